The first-order valence-electron chi connectivity index (χ1n) is 11.7. The Kier molecular flexibility index (Phi) is 11.5. The minimum absolute atomic E-state index is 0.0400. The van der Waals surface area contributed by atoms with Crippen LogP contribution >= 0.6 is 103 Å². The lowest BCUT2D eigenvalue weighted by Crippen LogP contribution is -2.27. The van der Waals surface area contributed by atoms with Crippen LogP contribution in [-0.4, -0.2) is 72.9 Å². The van der Waals surface area contributed by atoms with Crippen molar-refractivity contribution >= 4 is 158 Å². The van der Waals surface area contributed by atoms with E-state index >= 15 is 0 Å². The topological polar surface area (TPSA) is 109 Å². The zero-order chi connectivity index (χ0) is 29.7. The van der Waals surface area contributed by atoms with Crippen molar-refractivity contribution in [2.24, 2.45) is 0 Å². The number of benzene rings is 2. The third-order valence-corrected chi connectivity index (χ3v) is 10.7. The van der Waals surface area contributed by atoms with Gasteiger partial charge < -0.3 is 0 Å². The van der Waals surface area contributed by atoms with Gasteiger partial charge in [0.25, 0.3) is 5.91 Å². The van der Waals surface area contributed by atoms with Crippen LogP contribution in [0.2, 0.25) is 0 Å². The molecule has 2 aliphatic rings. The van der Waals surface area contributed by atoms with Crippen LogP contribution in [0.15, 0.2) is 38.1 Å². The first kappa shape index (κ1) is 32.2. The average molecular weight is 791 g/mol. The van der Waals surface area contributed by atoms with Crippen molar-refractivity contribution < 1.29 is 14.4 Å². The fourth-order valence-corrected chi connectivity index (χ4v) is 8.31. The highest BCUT2D eigenvalue weighted by Gasteiger charge is 2.30. The molecule has 0 atom stereocenters. The molecule has 9 nitrogen and oxygen atoms in total. The molecule has 2 aliphatic heterocycles. The second kappa shape index (κ2) is 14.6. The first-order valence-corrected chi connectivity index (χ1v) is 17.4. The van der Waals surface area contributed by atoms with Crippen LogP contribution in [0.25, 0.3) is 28.1 Å². The van der Waals surface area contributed by atoms with E-state index in [0.29, 0.717) is 39.1 Å². The smallest absolute Gasteiger partial charge is 0.266 e. The first-order chi connectivity index (χ1) is 19.7. The Bertz CT molecular complexity index is 1690. The van der Waals surface area contributed by atoms with E-state index in [9.17, 15) is 14.4 Å². The second-order valence-electron chi connectivity index (χ2n) is 7.93. The van der Waals surface area contributed by atoms with E-state index in [-0.39, 0.29) is 11.8 Å². The van der Waals surface area contributed by atoms with Crippen LogP contribution in [0.1, 0.15) is 29.8 Å². The molecule has 0 bridgehead atoms. The van der Waals surface area contributed by atoms with E-state index in [0.717, 1.165) is 65.1 Å². The Hall–Kier alpha value is -1.73. The Morgan fingerprint density at radius 3 is 1.83 bits per heavy atom. The van der Waals surface area contributed by atoms with Gasteiger partial charge in [-0.25, -0.2) is 0 Å². The molecule has 4 heterocycles. The van der Waals surface area contributed by atoms with Crippen molar-refractivity contribution in [2.45, 2.75) is 13.8 Å². The van der Waals surface area contributed by atoms with E-state index in [1.165, 1.54) is 23.5 Å². The van der Waals surface area contributed by atoms with Gasteiger partial charge in [-0.3, -0.25) is 24.2 Å². The summed E-state index contributed by atoms with van der Waals surface area (Å²) in [5.74, 6) is 0.640. The molecule has 41 heavy (non-hydrogen) atoms. The third-order valence-electron chi connectivity index (χ3n) is 5.55. The summed E-state index contributed by atoms with van der Waals surface area (Å²) < 4.78 is 19.7. The van der Waals surface area contributed by atoms with Crippen LogP contribution in [-0.2, 0) is 9.59 Å². The predicted molar refractivity (Wildman–Crippen MR) is 184 cm³/mol. The molecule has 2 saturated heterocycles. The van der Waals surface area contributed by atoms with Crippen LogP contribution in [0.5, 0.6) is 0 Å². The fraction of sp³-hybridized carbons (Fsp3) is 0.208. The molecule has 0 aliphatic carbocycles. The summed E-state index contributed by atoms with van der Waals surface area (Å²) in [6, 6.07) is 7.36. The van der Waals surface area contributed by atoms with E-state index in [4.69, 9.17) is 24.4 Å². The second-order valence-corrected chi connectivity index (χ2v) is 14.0. The quantitative estimate of drug-likeness (QED) is 0.124. The maximum atomic E-state index is 12.2. The highest BCUT2D eigenvalue weighted by molar-refractivity contribution is 9.11. The fourth-order valence-electron chi connectivity index (χ4n) is 3.52. The maximum absolute atomic E-state index is 12.2. The van der Waals surface area contributed by atoms with Gasteiger partial charge in [0.15, 0.2) is 6.29 Å². The summed E-state index contributed by atoms with van der Waals surface area (Å²) >= 11 is 21.9. The molecule has 0 spiro atoms. The largest absolute Gasteiger partial charge is 0.298 e. The number of rotatable bonds is 4. The number of halogens is 2. The SMILES string of the molecule is CCN1C(=O)/C(=C\c2ccc(Br)c3nsnc23)SC1=S.CCN1C(=O)CSC1=S.O=Cc1ccc(Br)c2nsnc12. The number of thiocarbonyl (C=S) groups is 2. The van der Waals surface area contributed by atoms with Crippen LogP contribution in [0, 0.1) is 0 Å². The van der Waals surface area contributed by atoms with Gasteiger partial charge >= 0.3 is 0 Å². The van der Waals surface area contributed by atoms with Gasteiger partial charge in [-0.1, -0.05) is 54.0 Å². The molecule has 2 amide bonds. The number of carbonyl (C=O) groups excluding carboxylic acids is 3. The van der Waals surface area contributed by atoms with Gasteiger partial charge in [0.1, 0.15) is 30.7 Å². The number of hydrogen-bond donors (Lipinski definition) is 0. The lowest BCUT2D eigenvalue weighted by Gasteiger charge is -2.09. The number of nitrogens with zero attached hydrogens (tertiary/aromatic N) is 6. The Labute approximate surface area is 279 Å². The highest BCUT2D eigenvalue weighted by Crippen LogP contribution is 2.34. The van der Waals surface area contributed by atoms with Crippen molar-refractivity contribution in [3.05, 3.63) is 49.2 Å². The predicted octanol–water partition coefficient (Wildman–Crippen LogP) is 6.81. The number of amides is 2. The number of aldehydes is 1. The Balaban J connectivity index is 0.000000156. The average Bonchev–Trinajstić information content (AvgIpc) is 3.75. The number of carbonyl (C=O) groups is 3. The molecule has 0 N–H and O–H groups in total. The van der Waals surface area contributed by atoms with E-state index in [2.05, 4.69) is 49.4 Å². The summed E-state index contributed by atoms with van der Waals surface area (Å²) in [6.07, 6.45) is 2.63. The van der Waals surface area contributed by atoms with Crippen LogP contribution < -0.4 is 0 Å². The number of hydrogen-bond acceptors (Lipinski definition) is 13. The maximum Gasteiger partial charge on any atom is 0.266 e. The molecule has 0 radical (unpaired) electrons. The van der Waals surface area contributed by atoms with Crippen molar-refractivity contribution in [1.82, 2.24) is 27.3 Å². The molecule has 17 heteroatoms. The molecular formula is C24H18Br2N6O3S6. The summed E-state index contributed by atoms with van der Waals surface area (Å²) in [7, 11) is 0. The monoisotopic (exact) mass is 788 g/mol. The zero-order valence-electron chi connectivity index (χ0n) is 21.2. The molecule has 6 rings (SSSR count). The van der Waals surface area contributed by atoms with Gasteiger partial charge in [-0.2, -0.15) is 17.5 Å². The van der Waals surface area contributed by atoms with E-state index in [1.54, 1.807) is 21.9 Å². The zero-order valence-corrected chi connectivity index (χ0v) is 29.3. The minimum atomic E-state index is -0.0400. The lowest BCUT2D eigenvalue weighted by atomic mass is 10.1. The molecular weight excluding hydrogens is 773 g/mol. The standard InChI is InChI=1S/C12H8BrN3OS3.C7H3BrN2OS.C5H7NOS2/c1-2-16-11(17)8(19-12(16)18)5-6-3-4-7(13)10-9(6)14-20-15-10;8-5-2-1-4(3-11)6-7(5)10-12-9-6;1-2-6-4(7)3-9-5(6)8/h3-5H,2H2,1H3;1-3H;2-3H2,1H3/b8-5+;;. The number of aromatic nitrogens is 4. The Morgan fingerprint density at radius 1 is 0.829 bits per heavy atom. The molecule has 4 aromatic rings. The van der Waals surface area contributed by atoms with Gasteiger partial charge in [0, 0.05) is 33.2 Å². The van der Waals surface area contributed by atoms with Gasteiger partial charge in [-0.05, 0) is 70.0 Å². The van der Waals surface area contributed by atoms with E-state index < -0.39 is 0 Å². The molecule has 212 valence electrons. The number of fused-ring (bicyclic) bond motifs is 2. The molecule has 2 aromatic heterocycles. The van der Waals surface area contributed by atoms with E-state index in [1.807, 2.05) is 32.1 Å². The van der Waals surface area contributed by atoms with Gasteiger partial charge in [0.2, 0.25) is 5.91 Å². The summed E-state index contributed by atoms with van der Waals surface area (Å²) in [4.78, 5) is 37.4. The van der Waals surface area contributed by atoms with Crippen molar-refractivity contribution in [3.8, 4) is 0 Å². The molecule has 2 aromatic carbocycles. The van der Waals surface area contributed by atoms with Crippen LogP contribution in [0.3, 0.4) is 0 Å². The summed E-state index contributed by atoms with van der Waals surface area (Å²) in [6.45, 7) is 5.15. The number of thioether (sulfide) groups is 2. The highest BCUT2D eigenvalue weighted by atomic mass is 79.9. The summed E-state index contributed by atoms with van der Waals surface area (Å²) in [5, 5.41) is 0. The van der Waals surface area contributed by atoms with Crippen molar-refractivity contribution in [1.29, 1.82) is 0 Å². The normalized spacial score (nSPS) is 16.0. The van der Waals surface area contributed by atoms with Gasteiger partial charge in [0.05, 0.1) is 34.1 Å². The molecule has 2 fully saturated rings. The molecule has 0 unspecified atom stereocenters. The Morgan fingerprint density at radius 2 is 1.37 bits per heavy atom. The lowest BCUT2D eigenvalue weighted by molar-refractivity contribution is -0.124. The van der Waals surface area contributed by atoms with Crippen molar-refractivity contribution in [3.63, 3.8) is 0 Å². The van der Waals surface area contributed by atoms with Crippen LogP contribution in [0.4, 0.5) is 0 Å². The van der Waals surface area contributed by atoms with Crippen molar-refractivity contribution in [2.75, 3.05) is 18.8 Å². The van der Waals surface area contributed by atoms with Gasteiger partial charge in [-0.15, -0.1) is 0 Å². The summed E-state index contributed by atoms with van der Waals surface area (Å²) in [5.41, 5.74) is 4.50. The third kappa shape index (κ3) is 7.26. The minimum Gasteiger partial charge on any atom is -0.298 e. The molecule has 0 saturated carbocycles. The number of likely N-dealkylation sites (N-methyl/N-ethyl adjacent to an activating group) is 1.